The first kappa shape index (κ1) is 12.6. The molecule has 0 bridgehead atoms. The molecule has 0 radical (unpaired) electrons. The van der Waals surface area contributed by atoms with Gasteiger partial charge in [-0.1, -0.05) is 26.0 Å². The van der Waals surface area contributed by atoms with Gasteiger partial charge in [0.15, 0.2) is 0 Å². The van der Waals surface area contributed by atoms with Gasteiger partial charge in [-0.2, -0.15) is 0 Å². The van der Waals surface area contributed by atoms with Crippen LogP contribution in [0.3, 0.4) is 0 Å². The Kier molecular flexibility index (Phi) is 4.35. The molecule has 0 unspecified atom stereocenters. The van der Waals surface area contributed by atoms with E-state index in [1.807, 2.05) is 12.1 Å². The molecule has 3 nitrogen and oxygen atoms in total. The molecule has 0 aliphatic rings. The van der Waals surface area contributed by atoms with Crippen LogP contribution in [0.5, 0.6) is 0 Å². The Labute approximate surface area is 97.5 Å². The van der Waals surface area contributed by atoms with E-state index in [4.69, 9.17) is 0 Å². The molecule has 0 heterocycles. The van der Waals surface area contributed by atoms with E-state index in [9.17, 15) is 4.79 Å². The lowest BCUT2D eigenvalue weighted by Crippen LogP contribution is -2.28. The van der Waals surface area contributed by atoms with E-state index in [0.717, 1.165) is 5.69 Å². The van der Waals surface area contributed by atoms with E-state index in [0.29, 0.717) is 12.5 Å². The standard InChI is InChI=1S/C13H20N2O/c1-10(2)11-6-5-7-12(8-11)14-9-13(16)15(3)4/h5-8,10,14H,9H2,1-4H3. The Morgan fingerprint density at radius 1 is 1.38 bits per heavy atom. The van der Waals surface area contributed by atoms with Crippen LogP contribution in [0.15, 0.2) is 24.3 Å². The summed E-state index contributed by atoms with van der Waals surface area (Å²) >= 11 is 0. The zero-order chi connectivity index (χ0) is 12.1. The number of amides is 1. The van der Waals surface area contributed by atoms with E-state index >= 15 is 0 Å². The highest BCUT2D eigenvalue weighted by Gasteiger charge is 2.04. The molecule has 0 atom stereocenters. The maximum absolute atomic E-state index is 11.4. The fraction of sp³-hybridized carbons (Fsp3) is 0.462. The minimum atomic E-state index is 0.0787. The van der Waals surface area contributed by atoms with Crippen LogP contribution in [-0.2, 0) is 4.79 Å². The van der Waals surface area contributed by atoms with Gasteiger partial charge >= 0.3 is 0 Å². The molecule has 0 aliphatic carbocycles. The minimum absolute atomic E-state index is 0.0787. The van der Waals surface area contributed by atoms with Crippen LogP contribution in [0.4, 0.5) is 5.69 Å². The van der Waals surface area contributed by atoms with Crippen molar-refractivity contribution in [1.29, 1.82) is 0 Å². The number of anilines is 1. The molecule has 16 heavy (non-hydrogen) atoms. The Bertz CT molecular complexity index is 359. The lowest BCUT2D eigenvalue weighted by atomic mass is 10.0. The second-order valence-corrected chi connectivity index (χ2v) is 4.42. The molecule has 0 aromatic heterocycles. The zero-order valence-electron chi connectivity index (χ0n) is 10.4. The van der Waals surface area contributed by atoms with Crippen LogP contribution >= 0.6 is 0 Å². The first-order valence-corrected chi connectivity index (χ1v) is 5.54. The van der Waals surface area contributed by atoms with Gasteiger partial charge < -0.3 is 10.2 Å². The van der Waals surface area contributed by atoms with Crippen LogP contribution in [-0.4, -0.2) is 31.4 Å². The number of nitrogens with one attached hydrogen (secondary N) is 1. The van der Waals surface area contributed by atoms with Crippen molar-refractivity contribution in [3.8, 4) is 0 Å². The Morgan fingerprint density at radius 3 is 2.62 bits per heavy atom. The topological polar surface area (TPSA) is 32.3 Å². The molecule has 0 aliphatic heterocycles. The molecule has 0 saturated heterocycles. The summed E-state index contributed by atoms with van der Waals surface area (Å²) in [4.78, 5) is 13.0. The predicted octanol–water partition coefficient (Wildman–Crippen LogP) is 2.31. The van der Waals surface area contributed by atoms with Crippen LogP contribution in [0, 0.1) is 0 Å². The molecule has 0 spiro atoms. The van der Waals surface area contributed by atoms with E-state index in [1.54, 1.807) is 19.0 Å². The van der Waals surface area contributed by atoms with Gasteiger partial charge in [-0.15, -0.1) is 0 Å². The van der Waals surface area contributed by atoms with Gasteiger partial charge in [0.2, 0.25) is 5.91 Å². The van der Waals surface area contributed by atoms with Crippen molar-refractivity contribution in [1.82, 2.24) is 4.90 Å². The van der Waals surface area contributed by atoms with Crippen LogP contribution in [0.25, 0.3) is 0 Å². The van der Waals surface area contributed by atoms with Crippen molar-refractivity contribution < 1.29 is 4.79 Å². The van der Waals surface area contributed by atoms with Gasteiger partial charge in [-0.05, 0) is 23.6 Å². The molecule has 88 valence electrons. The molecular weight excluding hydrogens is 200 g/mol. The van der Waals surface area contributed by atoms with E-state index < -0.39 is 0 Å². The first-order valence-electron chi connectivity index (χ1n) is 5.54. The van der Waals surface area contributed by atoms with Gasteiger partial charge in [0.05, 0.1) is 6.54 Å². The highest BCUT2D eigenvalue weighted by molar-refractivity contribution is 5.80. The first-order chi connectivity index (χ1) is 7.50. The number of carbonyl (C=O) groups excluding carboxylic acids is 1. The molecule has 1 rings (SSSR count). The third-order valence-electron chi connectivity index (χ3n) is 2.50. The molecule has 0 saturated carbocycles. The smallest absolute Gasteiger partial charge is 0.241 e. The number of likely N-dealkylation sites (N-methyl/N-ethyl adjacent to an activating group) is 1. The second-order valence-electron chi connectivity index (χ2n) is 4.42. The van der Waals surface area contributed by atoms with Crippen molar-refractivity contribution in [2.24, 2.45) is 0 Å². The molecule has 1 aromatic rings. The summed E-state index contributed by atoms with van der Waals surface area (Å²) in [7, 11) is 3.52. The van der Waals surface area contributed by atoms with Crippen molar-refractivity contribution in [2.75, 3.05) is 26.0 Å². The Hall–Kier alpha value is -1.51. The SMILES string of the molecule is CC(C)c1cccc(NCC(=O)N(C)C)c1. The maximum Gasteiger partial charge on any atom is 0.241 e. The van der Waals surface area contributed by atoms with Gasteiger partial charge in [0, 0.05) is 19.8 Å². The average Bonchev–Trinajstić information content (AvgIpc) is 2.26. The van der Waals surface area contributed by atoms with Crippen molar-refractivity contribution >= 4 is 11.6 Å². The van der Waals surface area contributed by atoms with Gasteiger partial charge in [-0.25, -0.2) is 0 Å². The largest absolute Gasteiger partial charge is 0.376 e. The fourth-order valence-electron chi connectivity index (χ4n) is 1.34. The summed E-state index contributed by atoms with van der Waals surface area (Å²) in [5.41, 5.74) is 2.28. The lowest BCUT2D eigenvalue weighted by Gasteiger charge is -2.13. The summed E-state index contributed by atoms with van der Waals surface area (Å²) < 4.78 is 0. The number of hydrogen-bond acceptors (Lipinski definition) is 2. The Balaban J connectivity index is 2.61. The van der Waals surface area contributed by atoms with Gasteiger partial charge in [0.25, 0.3) is 0 Å². The molecule has 1 aromatic carbocycles. The zero-order valence-corrected chi connectivity index (χ0v) is 10.4. The van der Waals surface area contributed by atoms with Gasteiger partial charge in [-0.3, -0.25) is 4.79 Å². The van der Waals surface area contributed by atoms with Crippen molar-refractivity contribution in [2.45, 2.75) is 19.8 Å². The lowest BCUT2D eigenvalue weighted by molar-refractivity contribution is -0.126. The quantitative estimate of drug-likeness (QED) is 0.844. The van der Waals surface area contributed by atoms with E-state index in [-0.39, 0.29) is 5.91 Å². The van der Waals surface area contributed by atoms with Crippen LogP contribution in [0.1, 0.15) is 25.3 Å². The third kappa shape index (κ3) is 3.57. The average molecular weight is 220 g/mol. The van der Waals surface area contributed by atoms with E-state index in [1.165, 1.54) is 5.56 Å². The summed E-state index contributed by atoms with van der Waals surface area (Å²) in [5.74, 6) is 0.584. The van der Waals surface area contributed by atoms with Gasteiger partial charge in [0.1, 0.15) is 0 Å². The maximum atomic E-state index is 11.4. The van der Waals surface area contributed by atoms with Crippen LogP contribution in [0.2, 0.25) is 0 Å². The number of rotatable bonds is 4. The Morgan fingerprint density at radius 2 is 2.06 bits per heavy atom. The number of carbonyl (C=O) groups is 1. The van der Waals surface area contributed by atoms with E-state index in [2.05, 4.69) is 31.3 Å². The highest BCUT2D eigenvalue weighted by atomic mass is 16.2. The molecule has 0 fully saturated rings. The highest BCUT2D eigenvalue weighted by Crippen LogP contribution is 2.18. The molecule has 1 amide bonds. The normalized spacial score (nSPS) is 10.3. The predicted molar refractivity (Wildman–Crippen MR) is 67.7 cm³/mol. The molecule has 1 N–H and O–H groups in total. The molecule has 3 heteroatoms. The fourth-order valence-corrected chi connectivity index (χ4v) is 1.34. The second kappa shape index (κ2) is 5.54. The third-order valence-corrected chi connectivity index (χ3v) is 2.50. The monoisotopic (exact) mass is 220 g/mol. The number of hydrogen-bond donors (Lipinski definition) is 1. The summed E-state index contributed by atoms with van der Waals surface area (Å²) in [6, 6.07) is 8.18. The minimum Gasteiger partial charge on any atom is -0.376 e. The number of nitrogens with zero attached hydrogens (tertiary/aromatic N) is 1. The summed E-state index contributed by atoms with van der Waals surface area (Å²) in [6.45, 7) is 4.66. The summed E-state index contributed by atoms with van der Waals surface area (Å²) in [5, 5.41) is 3.13. The summed E-state index contributed by atoms with van der Waals surface area (Å²) in [6.07, 6.45) is 0. The van der Waals surface area contributed by atoms with Crippen molar-refractivity contribution in [3.63, 3.8) is 0 Å². The van der Waals surface area contributed by atoms with Crippen molar-refractivity contribution in [3.05, 3.63) is 29.8 Å². The number of benzene rings is 1. The molecular formula is C13H20N2O. The van der Waals surface area contributed by atoms with Crippen LogP contribution < -0.4 is 5.32 Å².